The number of carbonyl (C=O) groups excluding carboxylic acids is 1. The first-order chi connectivity index (χ1) is 9.19. The van der Waals surface area contributed by atoms with E-state index in [-0.39, 0.29) is 5.91 Å². The van der Waals surface area contributed by atoms with Gasteiger partial charge in [0, 0.05) is 25.8 Å². The van der Waals surface area contributed by atoms with Gasteiger partial charge in [-0.2, -0.15) is 0 Å². The minimum Gasteiger partial charge on any atom is -0.492 e. The fraction of sp³-hybridized carbons (Fsp3) is 0.500. The zero-order valence-electron chi connectivity index (χ0n) is 11.4. The summed E-state index contributed by atoms with van der Waals surface area (Å²) in [5, 5.41) is 2.84. The summed E-state index contributed by atoms with van der Waals surface area (Å²) in [4.78, 5) is 11.9. The largest absolute Gasteiger partial charge is 0.492 e. The summed E-state index contributed by atoms with van der Waals surface area (Å²) in [6.07, 6.45) is 1.76. The average Bonchev–Trinajstić information content (AvgIpc) is 2.42. The molecule has 0 atom stereocenters. The zero-order chi connectivity index (χ0) is 14.1. The summed E-state index contributed by atoms with van der Waals surface area (Å²) in [6, 6.07) is 5.35. The molecule has 1 aromatic carbocycles. The fourth-order valence-electron chi connectivity index (χ4n) is 1.49. The summed E-state index contributed by atoms with van der Waals surface area (Å²) in [5.41, 5.74) is 0.619. The van der Waals surface area contributed by atoms with Gasteiger partial charge >= 0.3 is 0 Å². The van der Waals surface area contributed by atoms with E-state index in [1.807, 2.05) is 6.07 Å². The Labute approximate surface area is 122 Å². The van der Waals surface area contributed by atoms with Crippen LogP contribution in [-0.2, 0) is 4.74 Å². The number of methoxy groups -OCH3 is 1. The topological polar surface area (TPSA) is 47.6 Å². The lowest BCUT2D eigenvalue weighted by atomic mass is 10.2. The Morgan fingerprint density at radius 2 is 2.16 bits per heavy atom. The van der Waals surface area contributed by atoms with Crippen molar-refractivity contribution in [3.05, 3.63) is 28.2 Å². The Morgan fingerprint density at radius 1 is 1.37 bits per heavy atom. The molecule has 0 aliphatic carbocycles. The van der Waals surface area contributed by atoms with Crippen LogP contribution in [0.5, 0.6) is 5.75 Å². The highest BCUT2D eigenvalue weighted by Crippen LogP contribution is 2.26. The standard InChI is InChI=1S/C14H20BrNO3/c1-3-8-19-13-6-5-11(10-12(13)15)14(17)16-7-4-9-18-2/h5-6,10H,3-4,7-9H2,1-2H3,(H,16,17). The third kappa shape index (κ3) is 5.61. The first-order valence-electron chi connectivity index (χ1n) is 6.38. The van der Waals surface area contributed by atoms with Crippen molar-refractivity contribution in [2.24, 2.45) is 0 Å². The molecule has 0 saturated heterocycles. The highest BCUT2D eigenvalue weighted by molar-refractivity contribution is 9.10. The number of halogens is 1. The quantitative estimate of drug-likeness (QED) is 0.746. The molecular formula is C14H20BrNO3. The number of benzene rings is 1. The van der Waals surface area contributed by atoms with E-state index in [9.17, 15) is 4.79 Å². The Kier molecular flexibility index (Phi) is 7.52. The Hall–Kier alpha value is -1.07. The molecule has 0 radical (unpaired) electrons. The van der Waals surface area contributed by atoms with E-state index in [1.54, 1.807) is 19.2 Å². The van der Waals surface area contributed by atoms with Crippen molar-refractivity contribution in [3.8, 4) is 5.75 Å². The van der Waals surface area contributed by atoms with Crippen LogP contribution < -0.4 is 10.1 Å². The van der Waals surface area contributed by atoms with Crippen LogP contribution in [0.2, 0.25) is 0 Å². The number of carbonyl (C=O) groups is 1. The molecule has 1 aromatic rings. The van der Waals surface area contributed by atoms with Crippen molar-refractivity contribution in [1.29, 1.82) is 0 Å². The van der Waals surface area contributed by atoms with Gasteiger partial charge in [-0.05, 0) is 47.0 Å². The van der Waals surface area contributed by atoms with Gasteiger partial charge in [-0.3, -0.25) is 4.79 Å². The molecule has 1 amide bonds. The minimum absolute atomic E-state index is 0.0844. The summed E-state index contributed by atoms with van der Waals surface area (Å²) in [5.74, 6) is 0.677. The second-order valence-corrected chi connectivity index (χ2v) is 4.95. The van der Waals surface area contributed by atoms with Crippen LogP contribution in [0.25, 0.3) is 0 Å². The fourth-order valence-corrected chi connectivity index (χ4v) is 1.98. The first kappa shape index (κ1) is 16.0. The Bertz CT molecular complexity index is 410. The highest BCUT2D eigenvalue weighted by atomic mass is 79.9. The van der Waals surface area contributed by atoms with Crippen LogP contribution in [0.4, 0.5) is 0 Å². The van der Waals surface area contributed by atoms with Gasteiger partial charge in [-0.1, -0.05) is 6.92 Å². The normalized spacial score (nSPS) is 10.3. The zero-order valence-corrected chi connectivity index (χ0v) is 13.0. The molecule has 0 aromatic heterocycles. The third-order valence-electron chi connectivity index (χ3n) is 2.47. The van der Waals surface area contributed by atoms with Crippen molar-refractivity contribution in [1.82, 2.24) is 5.32 Å². The lowest BCUT2D eigenvalue weighted by molar-refractivity contribution is 0.0948. The van der Waals surface area contributed by atoms with Crippen molar-refractivity contribution < 1.29 is 14.3 Å². The van der Waals surface area contributed by atoms with Crippen LogP contribution in [-0.4, -0.2) is 32.8 Å². The van der Waals surface area contributed by atoms with Gasteiger partial charge in [0.15, 0.2) is 0 Å². The predicted molar refractivity (Wildman–Crippen MR) is 78.8 cm³/mol. The molecule has 106 valence electrons. The molecule has 0 heterocycles. The first-order valence-corrected chi connectivity index (χ1v) is 7.17. The number of hydrogen-bond acceptors (Lipinski definition) is 3. The van der Waals surface area contributed by atoms with Crippen LogP contribution in [0.1, 0.15) is 30.1 Å². The molecule has 0 fully saturated rings. The van der Waals surface area contributed by atoms with Crippen molar-refractivity contribution >= 4 is 21.8 Å². The summed E-state index contributed by atoms with van der Waals surface area (Å²) in [6.45, 7) is 3.98. The van der Waals surface area contributed by atoms with E-state index in [1.165, 1.54) is 0 Å². The molecule has 0 saturated carbocycles. The lowest BCUT2D eigenvalue weighted by Crippen LogP contribution is -2.25. The van der Waals surface area contributed by atoms with E-state index in [2.05, 4.69) is 28.2 Å². The maximum atomic E-state index is 11.9. The van der Waals surface area contributed by atoms with Gasteiger partial charge in [0.25, 0.3) is 5.91 Å². The van der Waals surface area contributed by atoms with Gasteiger partial charge in [0.2, 0.25) is 0 Å². The average molecular weight is 330 g/mol. The van der Waals surface area contributed by atoms with E-state index in [4.69, 9.17) is 9.47 Å². The summed E-state index contributed by atoms with van der Waals surface area (Å²) in [7, 11) is 1.65. The molecule has 0 aliphatic heterocycles. The van der Waals surface area contributed by atoms with Gasteiger partial charge in [-0.15, -0.1) is 0 Å². The Balaban J connectivity index is 2.54. The number of amides is 1. The molecule has 4 nitrogen and oxygen atoms in total. The second-order valence-electron chi connectivity index (χ2n) is 4.10. The molecule has 19 heavy (non-hydrogen) atoms. The number of hydrogen-bond donors (Lipinski definition) is 1. The lowest BCUT2D eigenvalue weighted by Gasteiger charge is -2.09. The highest BCUT2D eigenvalue weighted by Gasteiger charge is 2.08. The maximum absolute atomic E-state index is 11.9. The molecular weight excluding hydrogens is 310 g/mol. The van der Waals surface area contributed by atoms with Gasteiger partial charge in [0.1, 0.15) is 5.75 Å². The van der Waals surface area contributed by atoms with Crippen LogP contribution in [0.3, 0.4) is 0 Å². The predicted octanol–water partition coefficient (Wildman–Crippen LogP) is 3.00. The Morgan fingerprint density at radius 3 is 2.79 bits per heavy atom. The summed E-state index contributed by atoms with van der Waals surface area (Å²) < 4.78 is 11.3. The molecule has 1 rings (SSSR count). The van der Waals surface area contributed by atoms with E-state index in [0.717, 1.165) is 23.1 Å². The molecule has 0 aliphatic rings. The van der Waals surface area contributed by atoms with E-state index in [0.29, 0.717) is 25.3 Å². The van der Waals surface area contributed by atoms with Gasteiger partial charge in [-0.25, -0.2) is 0 Å². The number of rotatable bonds is 8. The van der Waals surface area contributed by atoms with Crippen molar-refractivity contribution in [2.75, 3.05) is 26.9 Å². The molecule has 0 unspecified atom stereocenters. The number of ether oxygens (including phenoxy) is 2. The smallest absolute Gasteiger partial charge is 0.251 e. The summed E-state index contributed by atoms with van der Waals surface area (Å²) >= 11 is 3.41. The van der Waals surface area contributed by atoms with Crippen LogP contribution in [0.15, 0.2) is 22.7 Å². The maximum Gasteiger partial charge on any atom is 0.251 e. The van der Waals surface area contributed by atoms with Crippen LogP contribution in [0, 0.1) is 0 Å². The minimum atomic E-state index is -0.0844. The van der Waals surface area contributed by atoms with Crippen molar-refractivity contribution in [2.45, 2.75) is 19.8 Å². The molecule has 0 spiro atoms. The van der Waals surface area contributed by atoms with Gasteiger partial charge in [0.05, 0.1) is 11.1 Å². The second kappa shape index (κ2) is 8.93. The molecule has 5 heteroatoms. The number of nitrogens with one attached hydrogen (secondary N) is 1. The molecule has 1 N–H and O–H groups in total. The van der Waals surface area contributed by atoms with Gasteiger partial charge < -0.3 is 14.8 Å². The van der Waals surface area contributed by atoms with E-state index < -0.39 is 0 Å². The van der Waals surface area contributed by atoms with Crippen LogP contribution >= 0.6 is 15.9 Å². The third-order valence-corrected chi connectivity index (χ3v) is 3.09. The van der Waals surface area contributed by atoms with Crippen molar-refractivity contribution in [3.63, 3.8) is 0 Å². The SMILES string of the molecule is CCCOc1ccc(C(=O)NCCCOC)cc1Br. The van der Waals surface area contributed by atoms with E-state index >= 15 is 0 Å². The monoisotopic (exact) mass is 329 g/mol. The molecule has 0 bridgehead atoms.